The normalized spacial score (nSPS) is 12.3. The second-order valence-corrected chi connectivity index (χ2v) is 3.71. The summed E-state index contributed by atoms with van der Waals surface area (Å²) in [5.74, 6) is 0. The molecule has 0 heterocycles. The molecular formula is C11H9F6NO2. The Morgan fingerprint density at radius 3 is 2.00 bits per heavy atom. The highest BCUT2D eigenvalue weighted by Crippen LogP contribution is 2.35. The number of hydrogen-bond acceptors (Lipinski definition) is 2. The van der Waals surface area contributed by atoms with Crippen LogP contribution in [0.2, 0.25) is 0 Å². The van der Waals surface area contributed by atoms with Crippen molar-refractivity contribution in [3.63, 3.8) is 0 Å². The van der Waals surface area contributed by atoms with E-state index in [2.05, 4.69) is 4.74 Å². The summed E-state index contributed by atoms with van der Waals surface area (Å²) in [4.78, 5) is 11.0. The van der Waals surface area contributed by atoms with Crippen LogP contribution in [0.15, 0.2) is 30.3 Å². The second kappa shape index (κ2) is 6.02. The van der Waals surface area contributed by atoms with Crippen molar-refractivity contribution < 1.29 is 35.9 Å². The van der Waals surface area contributed by atoms with Gasteiger partial charge in [-0.1, -0.05) is 30.3 Å². The number of alkyl carbamates (subject to hydrolysis) is 1. The lowest BCUT2D eigenvalue weighted by atomic mass is 10.2. The average molecular weight is 301 g/mol. The highest BCUT2D eigenvalue weighted by atomic mass is 19.4. The molecule has 0 radical (unpaired) electrons. The molecular weight excluding hydrogens is 292 g/mol. The van der Waals surface area contributed by atoms with Gasteiger partial charge in [0.15, 0.2) is 0 Å². The minimum atomic E-state index is -5.72. The lowest BCUT2D eigenvalue weighted by Crippen LogP contribution is -2.47. The summed E-state index contributed by atoms with van der Waals surface area (Å²) in [6.45, 7) is -0.248. The Labute approximate surface area is 109 Å². The van der Waals surface area contributed by atoms with Crippen LogP contribution in [-0.2, 0) is 11.3 Å². The number of hydrogen-bond donors (Lipinski definition) is 1. The fraction of sp³-hybridized carbons (Fsp3) is 0.364. The molecule has 0 saturated heterocycles. The predicted octanol–water partition coefficient (Wildman–Crippen LogP) is 3.41. The molecule has 0 unspecified atom stereocenters. The van der Waals surface area contributed by atoms with E-state index >= 15 is 0 Å². The molecule has 3 nitrogen and oxygen atoms in total. The van der Waals surface area contributed by atoms with Crippen molar-refractivity contribution in [2.24, 2.45) is 0 Å². The van der Waals surface area contributed by atoms with Crippen molar-refractivity contribution in [3.05, 3.63) is 35.9 Å². The van der Waals surface area contributed by atoms with Crippen LogP contribution in [0.4, 0.5) is 31.1 Å². The lowest BCUT2D eigenvalue weighted by molar-refractivity contribution is -0.307. The van der Waals surface area contributed by atoms with Gasteiger partial charge in [-0.25, -0.2) is 4.79 Å². The third-order valence-electron chi connectivity index (χ3n) is 2.10. The van der Waals surface area contributed by atoms with E-state index in [-0.39, 0.29) is 6.54 Å². The Kier molecular flexibility index (Phi) is 4.85. The van der Waals surface area contributed by atoms with Crippen LogP contribution in [-0.4, -0.2) is 24.5 Å². The molecule has 1 amide bonds. The van der Waals surface area contributed by atoms with E-state index in [0.717, 1.165) is 0 Å². The van der Waals surface area contributed by atoms with Crippen molar-refractivity contribution >= 4 is 6.09 Å². The maximum absolute atomic E-state index is 12.1. The molecule has 0 saturated carbocycles. The molecule has 0 bridgehead atoms. The van der Waals surface area contributed by atoms with Gasteiger partial charge in [-0.2, -0.15) is 26.3 Å². The number of benzene rings is 1. The topological polar surface area (TPSA) is 38.3 Å². The molecule has 1 rings (SSSR count). The van der Waals surface area contributed by atoms with Crippen molar-refractivity contribution in [1.29, 1.82) is 0 Å². The zero-order chi connectivity index (χ0) is 15.4. The first-order valence-electron chi connectivity index (χ1n) is 5.22. The first-order valence-corrected chi connectivity index (χ1v) is 5.22. The number of carbonyl (C=O) groups is 1. The molecule has 1 aromatic carbocycles. The number of nitrogens with one attached hydrogen (secondary N) is 1. The number of carbonyl (C=O) groups excluding carboxylic acids is 1. The van der Waals surface area contributed by atoms with Gasteiger partial charge in [-0.05, 0) is 5.56 Å². The zero-order valence-corrected chi connectivity index (χ0v) is 9.76. The number of ether oxygens (including phenoxy) is 1. The van der Waals surface area contributed by atoms with Crippen LogP contribution in [0.5, 0.6) is 0 Å². The minimum absolute atomic E-state index is 0.248. The summed E-state index contributed by atoms with van der Waals surface area (Å²) in [5, 5.41) is 1.81. The molecule has 0 atom stereocenters. The van der Waals surface area contributed by atoms with Crippen LogP contribution in [0, 0.1) is 0 Å². The van der Waals surface area contributed by atoms with Gasteiger partial charge in [0.25, 0.3) is 6.10 Å². The Bertz CT molecular complexity index is 428. The largest absolute Gasteiger partial charge is 0.434 e. The maximum atomic E-state index is 12.1. The van der Waals surface area contributed by atoms with Gasteiger partial charge in [0.2, 0.25) is 0 Å². The summed E-state index contributed by atoms with van der Waals surface area (Å²) >= 11 is 0. The van der Waals surface area contributed by atoms with Crippen LogP contribution in [0.3, 0.4) is 0 Å². The fourth-order valence-corrected chi connectivity index (χ4v) is 1.24. The van der Waals surface area contributed by atoms with E-state index in [1.165, 1.54) is 12.1 Å². The minimum Gasteiger partial charge on any atom is -0.427 e. The van der Waals surface area contributed by atoms with Gasteiger partial charge in [0.05, 0.1) is 0 Å². The predicted molar refractivity (Wildman–Crippen MR) is 55.7 cm³/mol. The second-order valence-electron chi connectivity index (χ2n) is 3.71. The monoisotopic (exact) mass is 301 g/mol. The average Bonchev–Trinajstić information content (AvgIpc) is 2.32. The highest BCUT2D eigenvalue weighted by molar-refractivity contribution is 5.67. The summed E-state index contributed by atoms with van der Waals surface area (Å²) in [7, 11) is 0. The van der Waals surface area contributed by atoms with Gasteiger partial charge in [-0.3, -0.25) is 0 Å². The first kappa shape index (κ1) is 16.1. The molecule has 0 aliphatic rings. The highest BCUT2D eigenvalue weighted by Gasteiger charge is 2.59. The Balaban J connectivity index is 2.59. The molecule has 9 heteroatoms. The van der Waals surface area contributed by atoms with Crippen molar-refractivity contribution in [1.82, 2.24) is 5.32 Å². The molecule has 1 aromatic rings. The number of alkyl halides is 6. The van der Waals surface area contributed by atoms with Crippen LogP contribution in [0.1, 0.15) is 5.56 Å². The molecule has 0 fully saturated rings. The van der Waals surface area contributed by atoms with E-state index < -0.39 is 24.5 Å². The Morgan fingerprint density at radius 1 is 1.05 bits per heavy atom. The van der Waals surface area contributed by atoms with E-state index in [1.807, 2.05) is 5.32 Å². The quantitative estimate of drug-likeness (QED) is 0.869. The maximum Gasteiger partial charge on any atom is 0.434 e. The number of amides is 1. The van der Waals surface area contributed by atoms with Crippen LogP contribution >= 0.6 is 0 Å². The third-order valence-corrected chi connectivity index (χ3v) is 2.10. The SMILES string of the molecule is O=C(NCc1ccccc1)OC(C(F)(F)F)C(F)(F)F. The summed E-state index contributed by atoms with van der Waals surface area (Å²) in [5.41, 5.74) is 0.500. The molecule has 112 valence electrons. The summed E-state index contributed by atoms with van der Waals surface area (Å²) < 4.78 is 76.1. The van der Waals surface area contributed by atoms with E-state index in [9.17, 15) is 31.1 Å². The third kappa shape index (κ3) is 4.98. The van der Waals surface area contributed by atoms with E-state index in [0.29, 0.717) is 5.56 Å². The fourth-order valence-electron chi connectivity index (χ4n) is 1.24. The van der Waals surface area contributed by atoms with Gasteiger partial charge in [0, 0.05) is 6.54 Å². The van der Waals surface area contributed by atoms with E-state index in [1.54, 1.807) is 18.2 Å². The summed E-state index contributed by atoms with van der Waals surface area (Å²) in [6, 6.07) is 7.91. The number of halogens is 6. The molecule has 0 aliphatic heterocycles. The van der Waals surface area contributed by atoms with Crippen LogP contribution in [0.25, 0.3) is 0 Å². The van der Waals surface area contributed by atoms with Gasteiger partial charge in [0.1, 0.15) is 0 Å². The molecule has 0 aromatic heterocycles. The van der Waals surface area contributed by atoms with Crippen LogP contribution < -0.4 is 5.32 Å². The smallest absolute Gasteiger partial charge is 0.427 e. The van der Waals surface area contributed by atoms with Crippen molar-refractivity contribution in [3.8, 4) is 0 Å². The lowest BCUT2D eigenvalue weighted by Gasteiger charge is -2.22. The molecule has 0 aliphatic carbocycles. The van der Waals surface area contributed by atoms with Gasteiger partial charge >= 0.3 is 18.4 Å². The summed E-state index contributed by atoms with van der Waals surface area (Å²) in [6.07, 6.45) is -17.4. The van der Waals surface area contributed by atoms with Crippen molar-refractivity contribution in [2.45, 2.75) is 25.0 Å². The molecule has 0 spiro atoms. The zero-order valence-electron chi connectivity index (χ0n) is 9.76. The number of rotatable bonds is 3. The van der Waals surface area contributed by atoms with Gasteiger partial charge in [-0.15, -0.1) is 0 Å². The van der Waals surface area contributed by atoms with Crippen molar-refractivity contribution in [2.75, 3.05) is 0 Å². The molecule has 1 N–H and O–H groups in total. The standard InChI is InChI=1S/C11H9F6NO2/c12-10(13,14)8(11(15,16)17)20-9(19)18-6-7-4-2-1-3-5-7/h1-5,8H,6H2,(H,18,19). The van der Waals surface area contributed by atoms with E-state index in [4.69, 9.17) is 0 Å². The van der Waals surface area contributed by atoms with Gasteiger partial charge < -0.3 is 10.1 Å². The Morgan fingerprint density at radius 2 is 1.55 bits per heavy atom. The molecule has 20 heavy (non-hydrogen) atoms. The Hall–Kier alpha value is -1.93. The first-order chi connectivity index (χ1) is 9.10.